The van der Waals surface area contributed by atoms with Crippen molar-refractivity contribution in [3.05, 3.63) is 30.1 Å². The summed E-state index contributed by atoms with van der Waals surface area (Å²) < 4.78 is 15.0. The number of nitrogens with one attached hydrogen (secondary N) is 2. The van der Waals surface area contributed by atoms with Gasteiger partial charge in [0.05, 0.1) is 10.8 Å². The topological polar surface area (TPSA) is 115 Å². The second-order valence-electron chi connectivity index (χ2n) is 6.61. The van der Waals surface area contributed by atoms with Gasteiger partial charge in [-0.25, -0.2) is 13.9 Å². The van der Waals surface area contributed by atoms with Gasteiger partial charge in [0.15, 0.2) is 5.82 Å². The van der Waals surface area contributed by atoms with E-state index >= 15 is 0 Å². The largest absolute Gasteiger partial charge is 0.335 e. The maximum Gasteiger partial charge on any atom is 0.321 e. The molecule has 0 radical (unpaired) electrons. The number of imide groups is 1. The zero-order valence-corrected chi connectivity index (χ0v) is 15.7. The van der Waals surface area contributed by atoms with Gasteiger partial charge in [0.2, 0.25) is 11.1 Å². The van der Waals surface area contributed by atoms with E-state index in [0.717, 1.165) is 16.4 Å². The number of hydrogen-bond acceptors (Lipinski definition) is 6. The van der Waals surface area contributed by atoms with E-state index in [4.69, 9.17) is 5.84 Å². The third-order valence-corrected chi connectivity index (χ3v) is 4.21. The van der Waals surface area contributed by atoms with Crippen molar-refractivity contribution >= 4 is 23.7 Å². The summed E-state index contributed by atoms with van der Waals surface area (Å²) in [7, 11) is 0. The van der Waals surface area contributed by atoms with Crippen LogP contribution in [0.3, 0.4) is 0 Å². The number of benzene rings is 1. The number of hydrogen-bond donors (Lipinski definition) is 3. The highest BCUT2D eigenvalue weighted by atomic mass is 32.2. The molecule has 0 aliphatic heterocycles. The fourth-order valence-corrected chi connectivity index (χ4v) is 2.75. The molecule has 0 saturated carbocycles. The average molecular weight is 380 g/mol. The third-order valence-electron chi connectivity index (χ3n) is 3.16. The lowest BCUT2D eigenvalue weighted by atomic mass is 10.1. The van der Waals surface area contributed by atoms with E-state index in [1.165, 1.54) is 12.1 Å². The first-order valence-corrected chi connectivity index (χ1v) is 8.71. The molecule has 0 aliphatic carbocycles. The van der Waals surface area contributed by atoms with E-state index in [1.54, 1.807) is 39.8 Å². The second-order valence-corrected chi connectivity index (χ2v) is 7.92. The Hall–Kier alpha value is -2.62. The van der Waals surface area contributed by atoms with Crippen LogP contribution in [0.5, 0.6) is 0 Å². The molecule has 0 spiro atoms. The van der Waals surface area contributed by atoms with Crippen LogP contribution in [0.1, 0.15) is 27.7 Å². The van der Waals surface area contributed by atoms with Crippen LogP contribution in [0, 0.1) is 5.82 Å². The maximum atomic E-state index is 13.9. The van der Waals surface area contributed by atoms with Crippen molar-refractivity contribution in [1.29, 1.82) is 0 Å². The standard InChI is InChI=1S/C16H21FN6O2S/c1-9(13(24)19-14(25)20-16(2,3)4)26-15-22-21-12(23(15)18)10-7-5-6-8-11(10)17/h5-9H,18H2,1-4H3,(H2,19,20,24,25)/t9-/m0/s1. The molecule has 8 nitrogen and oxygen atoms in total. The first kappa shape index (κ1) is 19.7. The molecule has 0 aliphatic rings. The van der Waals surface area contributed by atoms with E-state index in [-0.39, 0.29) is 16.5 Å². The highest BCUT2D eigenvalue weighted by Gasteiger charge is 2.23. The van der Waals surface area contributed by atoms with Gasteiger partial charge in [-0.05, 0) is 39.8 Å². The Morgan fingerprint density at radius 2 is 1.92 bits per heavy atom. The fraction of sp³-hybridized carbons (Fsp3) is 0.375. The summed E-state index contributed by atoms with van der Waals surface area (Å²) in [5.74, 6) is 5.09. The zero-order chi connectivity index (χ0) is 19.5. The van der Waals surface area contributed by atoms with Crippen LogP contribution in [0.25, 0.3) is 11.4 Å². The number of amides is 3. The molecule has 140 valence electrons. The number of rotatable bonds is 4. The molecule has 26 heavy (non-hydrogen) atoms. The van der Waals surface area contributed by atoms with Gasteiger partial charge < -0.3 is 11.2 Å². The molecular weight excluding hydrogens is 359 g/mol. The summed E-state index contributed by atoms with van der Waals surface area (Å²) in [4.78, 5) is 23.9. The number of nitrogen functional groups attached to an aromatic ring is 1. The fourth-order valence-electron chi connectivity index (χ4n) is 1.98. The van der Waals surface area contributed by atoms with Gasteiger partial charge in [-0.2, -0.15) is 0 Å². The number of aromatic nitrogens is 3. The van der Waals surface area contributed by atoms with Crippen molar-refractivity contribution in [3.8, 4) is 11.4 Å². The minimum absolute atomic E-state index is 0.142. The first-order chi connectivity index (χ1) is 12.1. The lowest BCUT2D eigenvalue weighted by Crippen LogP contribution is -2.49. The van der Waals surface area contributed by atoms with Gasteiger partial charge in [0.1, 0.15) is 5.82 Å². The van der Waals surface area contributed by atoms with Gasteiger partial charge in [-0.15, -0.1) is 10.2 Å². The highest BCUT2D eigenvalue weighted by molar-refractivity contribution is 8.00. The Morgan fingerprint density at radius 3 is 2.54 bits per heavy atom. The van der Waals surface area contributed by atoms with Crippen molar-refractivity contribution in [1.82, 2.24) is 25.5 Å². The van der Waals surface area contributed by atoms with Crippen LogP contribution in [0.2, 0.25) is 0 Å². The quantitative estimate of drug-likeness (QED) is 0.551. The van der Waals surface area contributed by atoms with E-state index in [1.807, 2.05) is 0 Å². The van der Waals surface area contributed by atoms with E-state index in [2.05, 4.69) is 20.8 Å². The summed E-state index contributed by atoms with van der Waals surface area (Å²) in [6, 6.07) is 5.45. The zero-order valence-electron chi connectivity index (χ0n) is 14.9. The van der Waals surface area contributed by atoms with Crippen molar-refractivity contribution < 1.29 is 14.0 Å². The van der Waals surface area contributed by atoms with Crippen molar-refractivity contribution in [2.45, 2.75) is 43.6 Å². The highest BCUT2D eigenvalue weighted by Crippen LogP contribution is 2.26. The molecule has 1 heterocycles. The molecule has 1 aromatic carbocycles. The second kappa shape index (κ2) is 7.73. The molecule has 2 rings (SSSR count). The number of carbonyl (C=O) groups is 2. The number of halogens is 1. The van der Waals surface area contributed by atoms with Crippen molar-refractivity contribution in [2.24, 2.45) is 0 Å². The molecule has 0 fully saturated rings. The molecule has 2 aromatic rings. The lowest BCUT2D eigenvalue weighted by molar-refractivity contribution is -0.119. The van der Waals surface area contributed by atoms with Crippen LogP contribution in [-0.4, -0.2) is 37.6 Å². The predicted octanol–water partition coefficient (Wildman–Crippen LogP) is 1.90. The smallest absolute Gasteiger partial charge is 0.321 e. The summed E-state index contributed by atoms with van der Waals surface area (Å²) in [6.07, 6.45) is 0. The number of nitrogens with two attached hydrogens (primary N) is 1. The van der Waals surface area contributed by atoms with Crippen LogP contribution < -0.4 is 16.5 Å². The number of urea groups is 1. The van der Waals surface area contributed by atoms with Gasteiger partial charge in [-0.3, -0.25) is 10.1 Å². The Morgan fingerprint density at radius 1 is 1.27 bits per heavy atom. The monoisotopic (exact) mass is 380 g/mol. The maximum absolute atomic E-state index is 13.9. The summed E-state index contributed by atoms with van der Waals surface area (Å²) in [6.45, 7) is 7.00. The van der Waals surface area contributed by atoms with Gasteiger partial charge in [0.25, 0.3) is 0 Å². The summed E-state index contributed by atoms with van der Waals surface area (Å²) >= 11 is 1.01. The number of thioether (sulfide) groups is 1. The molecule has 0 saturated heterocycles. The van der Waals surface area contributed by atoms with Gasteiger partial charge in [0, 0.05) is 5.54 Å². The van der Waals surface area contributed by atoms with Crippen LogP contribution >= 0.6 is 11.8 Å². The number of nitrogens with zero attached hydrogens (tertiary/aromatic N) is 3. The van der Waals surface area contributed by atoms with E-state index in [0.29, 0.717) is 0 Å². The molecule has 0 bridgehead atoms. The van der Waals surface area contributed by atoms with E-state index in [9.17, 15) is 14.0 Å². The number of carbonyl (C=O) groups excluding carboxylic acids is 2. The average Bonchev–Trinajstić information content (AvgIpc) is 2.86. The van der Waals surface area contributed by atoms with Crippen molar-refractivity contribution in [2.75, 3.05) is 5.84 Å². The summed E-state index contributed by atoms with van der Waals surface area (Å²) in [5.41, 5.74) is -0.261. The lowest BCUT2D eigenvalue weighted by Gasteiger charge is -2.21. The van der Waals surface area contributed by atoms with E-state index < -0.39 is 28.5 Å². The molecule has 1 atom stereocenters. The molecule has 10 heteroatoms. The Balaban J connectivity index is 2.06. The van der Waals surface area contributed by atoms with Gasteiger partial charge in [-0.1, -0.05) is 23.9 Å². The summed E-state index contributed by atoms with van der Waals surface area (Å²) in [5, 5.41) is 12.2. The molecular formula is C16H21FN6O2S. The van der Waals surface area contributed by atoms with Crippen LogP contribution in [-0.2, 0) is 4.79 Å². The molecule has 3 amide bonds. The molecule has 1 aromatic heterocycles. The molecule has 4 N–H and O–H groups in total. The van der Waals surface area contributed by atoms with Crippen LogP contribution in [0.15, 0.2) is 29.4 Å². The predicted molar refractivity (Wildman–Crippen MR) is 97.3 cm³/mol. The Bertz CT molecular complexity index is 817. The minimum Gasteiger partial charge on any atom is -0.335 e. The minimum atomic E-state index is -0.666. The Labute approximate surface area is 154 Å². The molecule has 0 unspecified atom stereocenters. The first-order valence-electron chi connectivity index (χ1n) is 7.83. The normalized spacial score (nSPS) is 12.5. The van der Waals surface area contributed by atoms with Gasteiger partial charge >= 0.3 is 6.03 Å². The van der Waals surface area contributed by atoms with Crippen LogP contribution in [0.4, 0.5) is 9.18 Å². The third kappa shape index (κ3) is 4.94. The SMILES string of the molecule is C[C@H](Sc1nnc(-c2ccccc2F)n1N)C(=O)NC(=O)NC(C)(C)C. The Kier molecular flexibility index (Phi) is 5.86. The van der Waals surface area contributed by atoms with Crippen molar-refractivity contribution in [3.63, 3.8) is 0 Å².